The van der Waals surface area contributed by atoms with Crippen LogP contribution in [0, 0.1) is 6.92 Å². The van der Waals surface area contributed by atoms with Gasteiger partial charge in [-0.05, 0) is 26.6 Å². The molecule has 0 N–H and O–H groups in total. The Labute approximate surface area is 80.7 Å². The molecule has 1 unspecified atom stereocenters. The second-order valence-corrected chi connectivity index (χ2v) is 3.30. The van der Waals surface area contributed by atoms with Gasteiger partial charge in [0.1, 0.15) is 0 Å². The highest BCUT2D eigenvalue weighted by molar-refractivity contribution is 5.49. The highest BCUT2D eigenvalue weighted by atomic mass is 15.1. The minimum absolute atomic E-state index is 0.236. The fourth-order valence-electron chi connectivity index (χ4n) is 0.958. The van der Waals surface area contributed by atoms with Crippen molar-refractivity contribution in [1.82, 2.24) is 4.90 Å². The topological polar surface area (TPSA) is 3.24 Å². The van der Waals surface area contributed by atoms with Crippen molar-refractivity contribution >= 4 is 6.08 Å². The lowest BCUT2D eigenvalue weighted by molar-refractivity contribution is 0.390. The van der Waals surface area contributed by atoms with Gasteiger partial charge in [-0.25, -0.2) is 0 Å². The second kappa shape index (κ2) is 4.83. The zero-order valence-corrected chi connectivity index (χ0v) is 8.27. The van der Waals surface area contributed by atoms with Crippen LogP contribution in [0.15, 0.2) is 36.4 Å². The minimum atomic E-state index is 0.236. The summed E-state index contributed by atoms with van der Waals surface area (Å²) in [6.45, 7) is 3.99. The lowest BCUT2D eigenvalue weighted by Gasteiger charge is -2.14. The van der Waals surface area contributed by atoms with Crippen molar-refractivity contribution in [2.24, 2.45) is 0 Å². The van der Waals surface area contributed by atoms with Gasteiger partial charge in [0.2, 0.25) is 0 Å². The Balaban J connectivity index is 2.59. The molecule has 0 bridgehead atoms. The van der Waals surface area contributed by atoms with E-state index in [0.29, 0.717) is 0 Å². The summed E-state index contributed by atoms with van der Waals surface area (Å²) in [4.78, 5) is 2.07. The summed E-state index contributed by atoms with van der Waals surface area (Å²) >= 11 is 0. The van der Waals surface area contributed by atoms with Gasteiger partial charge in [-0.3, -0.25) is 0 Å². The van der Waals surface area contributed by atoms with Crippen molar-refractivity contribution in [3.05, 3.63) is 48.9 Å². The van der Waals surface area contributed by atoms with Crippen LogP contribution in [0.1, 0.15) is 5.56 Å². The Morgan fingerprint density at radius 3 is 2.38 bits per heavy atom. The summed E-state index contributed by atoms with van der Waals surface area (Å²) in [6.07, 6.45) is 4.19. The van der Waals surface area contributed by atoms with E-state index in [2.05, 4.69) is 36.1 Å². The Morgan fingerprint density at radius 1 is 1.23 bits per heavy atom. The highest BCUT2D eigenvalue weighted by Gasteiger charge is 1.97. The first-order valence-corrected chi connectivity index (χ1v) is 4.43. The van der Waals surface area contributed by atoms with E-state index >= 15 is 0 Å². The zero-order chi connectivity index (χ0) is 9.68. The van der Waals surface area contributed by atoms with Gasteiger partial charge >= 0.3 is 0 Å². The molecule has 69 valence electrons. The molecule has 1 heteroatoms. The number of rotatable bonds is 3. The standard InChI is InChI=1S/C12H16N/c1-11(13(2)3)9-10-12-7-5-4-6-8-12/h4-11H,1H2,2-3H3. The third-order valence-corrected chi connectivity index (χ3v) is 1.97. The molecule has 1 aromatic rings. The van der Waals surface area contributed by atoms with Gasteiger partial charge in [0.05, 0.1) is 0 Å². The molecule has 1 radical (unpaired) electrons. The molecule has 0 aliphatic carbocycles. The van der Waals surface area contributed by atoms with Crippen molar-refractivity contribution in [2.75, 3.05) is 14.1 Å². The molecule has 0 aliphatic rings. The van der Waals surface area contributed by atoms with Gasteiger partial charge in [0, 0.05) is 6.04 Å². The van der Waals surface area contributed by atoms with E-state index in [1.165, 1.54) is 5.56 Å². The molecule has 1 nitrogen and oxygen atoms in total. The SMILES string of the molecule is [CH2]C(C=Cc1ccccc1)N(C)C. The van der Waals surface area contributed by atoms with Crippen LogP contribution in [0.5, 0.6) is 0 Å². The first kappa shape index (κ1) is 10.0. The molecular weight excluding hydrogens is 158 g/mol. The molecule has 0 aromatic heterocycles. The summed E-state index contributed by atoms with van der Waals surface area (Å²) in [5.74, 6) is 0. The summed E-state index contributed by atoms with van der Waals surface area (Å²) in [5.41, 5.74) is 1.22. The van der Waals surface area contributed by atoms with Crippen LogP contribution in [-0.2, 0) is 0 Å². The van der Waals surface area contributed by atoms with Crippen LogP contribution in [0.25, 0.3) is 6.08 Å². The first-order valence-electron chi connectivity index (χ1n) is 4.43. The number of benzene rings is 1. The van der Waals surface area contributed by atoms with Gasteiger partial charge in [0.15, 0.2) is 0 Å². The molecule has 13 heavy (non-hydrogen) atoms. The van der Waals surface area contributed by atoms with Gasteiger partial charge in [0.25, 0.3) is 0 Å². The Morgan fingerprint density at radius 2 is 1.85 bits per heavy atom. The molecule has 0 fully saturated rings. The van der Waals surface area contributed by atoms with Gasteiger partial charge in [-0.15, -0.1) is 0 Å². The normalized spacial score (nSPS) is 13.8. The molecule has 1 atom stereocenters. The fraction of sp³-hybridized carbons (Fsp3) is 0.250. The van der Waals surface area contributed by atoms with E-state index in [1.54, 1.807) is 0 Å². The molecule has 0 amide bonds. The van der Waals surface area contributed by atoms with Crippen LogP contribution in [-0.4, -0.2) is 25.0 Å². The van der Waals surface area contributed by atoms with Gasteiger partial charge in [-0.1, -0.05) is 42.5 Å². The fourth-order valence-corrected chi connectivity index (χ4v) is 0.958. The van der Waals surface area contributed by atoms with Gasteiger partial charge in [-0.2, -0.15) is 0 Å². The van der Waals surface area contributed by atoms with Crippen molar-refractivity contribution in [3.63, 3.8) is 0 Å². The third-order valence-electron chi connectivity index (χ3n) is 1.97. The number of likely N-dealkylation sites (N-methyl/N-ethyl adjacent to an activating group) is 1. The lowest BCUT2D eigenvalue weighted by atomic mass is 10.2. The van der Waals surface area contributed by atoms with E-state index in [-0.39, 0.29) is 6.04 Å². The lowest BCUT2D eigenvalue weighted by Crippen LogP contribution is -2.22. The van der Waals surface area contributed by atoms with Crippen molar-refractivity contribution in [3.8, 4) is 0 Å². The minimum Gasteiger partial charge on any atom is -0.303 e. The first-order chi connectivity index (χ1) is 6.20. The van der Waals surface area contributed by atoms with Crippen LogP contribution < -0.4 is 0 Å². The number of hydrogen-bond donors (Lipinski definition) is 0. The Bertz CT molecular complexity index is 262. The van der Waals surface area contributed by atoms with Crippen molar-refractivity contribution < 1.29 is 0 Å². The number of hydrogen-bond acceptors (Lipinski definition) is 1. The zero-order valence-electron chi connectivity index (χ0n) is 8.27. The largest absolute Gasteiger partial charge is 0.303 e. The molecule has 1 aromatic carbocycles. The summed E-state index contributed by atoms with van der Waals surface area (Å²) in [5, 5.41) is 0. The van der Waals surface area contributed by atoms with Crippen LogP contribution in [0.4, 0.5) is 0 Å². The van der Waals surface area contributed by atoms with E-state index in [9.17, 15) is 0 Å². The van der Waals surface area contributed by atoms with E-state index in [1.807, 2.05) is 32.3 Å². The van der Waals surface area contributed by atoms with E-state index < -0.39 is 0 Å². The van der Waals surface area contributed by atoms with E-state index in [4.69, 9.17) is 0 Å². The molecule has 0 saturated carbocycles. The summed E-state index contributed by atoms with van der Waals surface area (Å²) in [7, 11) is 4.04. The maximum absolute atomic E-state index is 3.99. The number of nitrogens with zero attached hydrogens (tertiary/aromatic N) is 1. The summed E-state index contributed by atoms with van der Waals surface area (Å²) < 4.78 is 0. The molecule has 1 rings (SSSR count). The molecule has 0 saturated heterocycles. The third kappa shape index (κ3) is 3.43. The molecular formula is C12H16N. The monoisotopic (exact) mass is 174 g/mol. The highest BCUT2D eigenvalue weighted by Crippen LogP contribution is 2.03. The predicted octanol–water partition coefficient (Wildman–Crippen LogP) is 2.46. The van der Waals surface area contributed by atoms with Crippen LogP contribution in [0.3, 0.4) is 0 Å². The predicted molar refractivity (Wildman–Crippen MR) is 58.3 cm³/mol. The Kier molecular flexibility index (Phi) is 3.71. The second-order valence-electron chi connectivity index (χ2n) is 3.30. The molecule has 0 spiro atoms. The molecule has 0 heterocycles. The van der Waals surface area contributed by atoms with Crippen LogP contribution >= 0.6 is 0 Å². The summed E-state index contributed by atoms with van der Waals surface area (Å²) in [6, 6.07) is 10.5. The van der Waals surface area contributed by atoms with E-state index in [0.717, 1.165) is 0 Å². The van der Waals surface area contributed by atoms with Crippen LogP contribution in [0.2, 0.25) is 0 Å². The maximum atomic E-state index is 3.99. The average molecular weight is 174 g/mol. The molecule has 0 aliphatic heterocycles. The van der Waals surface area contributed by atoms with Crippen molar-refractivity contribution in [1.29, 1.82) is 0 Å². The smallest absolute Gasteiger partial charge is 0.0276 e. The maximum Gasteiger partial charge on any atom is 0.0276 e. The van der Waals surface area contributed by atoms with Gasteiger partial charge < -0.3 is 4.90 Å². The average Bonchev–Trinajstić information content (AvgIpc) is 2.15. The van der Waals surface area contributed by atoms with Crippen molar-refractivity contribution in [2.45, 2.75) is 6.04 Å². The Hall–Kier alpha value is -1.08. The quantitative estimate of drug-likeness (QED) is 0.680.